The van der Waals surface area contributed by atoms with Gasteiger partial charge in [0.2, 0.25) is 0 Å². The highest BCUT2D eigenvalue weighted by Gasteiger charge is 2.25. The summed E-state index contributed by atoms with van der Waals surface area (Å²) in [7, 11) is 0. The van der Waals surface area contributed by atoms with Crippen molar-refractivity contribution >= 4 is 11.0 Å². The lowest BCUT2D eigenvalue weighted by Crippen LogP contribution is -2.07. The second-order valence-corrected chi connectivity index (χ2v) is 4.50. The lowest BCUT2D eigenvalue weighted by Gasteiger charge is -2.13. The Hall–Kier alpha value is -2.13. The van der Waals surface area contributed by atoms with Crippen LogP contribution in [0.3, 0.4) is 0 Å². The minimum Gasteiger partial charge on any atom is -0.349 e. The topological polar surface area (TPSA) is 27.1 Å². The van der Waals surface area contributed by atoms with E-state index in [2.05, 4.69) is 39.9 Å². The lowest BCUT2D eigenvalue weighted by molar-refractivity contribution is 0.0482. The van der Waals surface area contributed by atoms with Crippen LogP contribution in [0.5, 0.6) is 0 Å². The van der Waals surface area contributed by atoms with Gasteiger partial charge in [0.05, 0.1) is 24.0 Å². The summed E-state index contributed by atoms with van der Waals surface area (Å²) >= 11 is 0. The number of rotatable bonds is 1. The predicted molar refractivity (Wildman–Crippen MR) is 69.1 cm³/mol. The number of fused-ring (bicyclic) bond motifs is 2. The molecule has 1 aliphatic rings. The van der Waals surface area contributed by atoms with Crippen LogP contribution in [0, 0.1) is 0 Å². The van der Waals surface area contributed by atoms with Crippen LogP contribution >= 0.6 is 0 Å². The van der Waals surface area contributed by atoms with Crippen LogP contribution in [0.4, 0.5) is 0 Å². The summed E-state index contributed by atoms with van der Waals surface area (Å²) in [6.45, 7) is 0.674. The first-order valence-electron chi connectivity index (χ1n) is 6.04. The molecule has 0 N–H and O–H groups in total. The molecular formula is C15H12N2O. The fourth-order valence-corrected chi connectivity index (χ4v) is 2.56. The molecule has 2 heterocycles. The average molecular weight is 236 g/mol. The van der Waals surface area contributed by atoms with Crippen LogP contribution < -0.4 is 0 Å². The first kappa shape index (κ1) is 9.85. The number of benzene rings is 2. The molecule has 1 aromatic heterocycles. The van der Waals surface area contributed by atoms with Gasteiger partial charge in [0.25, 0.3) is 0 Å². The normalized spacial score (nSPS) is 18.1. The van der Waals surface area contributed by atoms with Gasteiger partial charge in [0.15, 0.2) is 6.23 Å². The summed E-state index contributed by atoms with van der Waals surface area (Å²) in [5.74, 6) is 0. The molecule has 0 amide bonds. The molecular weight excluding hydrogens is 224 g/mol. The van der Waals surface area contributed by atoms with E-state index < -0.39 is 0 Å². The maximum absolute atomic E-state index is 5.90. The first-order chi connectivity index (χ1) is 8.93. The van der Waals surface area contributed by atoms with Crippen molar-refractivity contribution < 1.29 is 4.74 Å². The Morgan fingerprint density at radius 3 is 2.89 bits per heavy atom. The molecule has 4 rings (SSSR count). The van der Waals surface area contributed by atoms with Gasteiger partial charge in [-0.05, 0) is 17.7 Å². The number of aromatic nitrogens is 2. The van der Waals surface area contributed by atoms with Gasteiger partial charge in [-0.25, -0.2) is 4.98 Å². The molecule has 0 radical (unpaired) electrons. The molecule has 0 bridgehead atoms. The minimum absolute atomic E-state index is 0.0476. The number of hydrogen-bond donors (Lipinski definition) is 0. The van der Waals surface area contributed by atoms with E-state index in [4.69, 9.17) is 4.74 Å². The number of hydrogen-bond acceptors (Lipinski definition) is 2. The third kappa shape index (κ3) is 1.31. The smallest absolute Gasteiger partial charge is 0.162 e. The van der Waals surface area contributed by atoms with Crippen molar-refractivity contribution in [3.8, 4) is 0 Å². The molecule has 0 saturated heterocycles. The zero-order valence-corrected chi connectivity index (χ0v) is 9.78. The summed E-state index contributed by atoms with van der Waals surface area (Å²) in [6, 6.07) is 16.5. The Bertz CT molecular complexity index is 717. The van der Waals surface area contributed by atoms with Crippen molar-refractivity contribution in [3.05, 3.63) is 66.0 Å². The first-order valence-corrected chi connectivity index (χ1v) is 6.04. The molecule has 3 nitrogen and oxygen atoms in total. The van der Waals surface area contributed by atoms with Gasteiger partial charge >= 0.3 is 0 Å². The second-order valence-electron chi connectivity index (χ2n) is 4.50. The van der Waals surface area contributed by atoms with Crippen LogP contribution in [0.15, 0.2) is 54.9 Å². The van der Waals surface area contributed by atoms with Crippen LogP contribution in [-0.4, -0.2) is 9.55 Å². The van der Waals surface area contributed by atoms with E-state index in [0.29, 0.717) is 6.61 Å². The number of ether oxygens (including phenoxy) is 1. The Balaban J connectivity index is 1.90. The maximum atomic E-state index is 5.90. The molecule has 1 unspecified atom stereocenters. The van der Waals surface area contributed by atoms with Gasteiger partial charge in [-0.3, -0.25) is 4.57 Å². The SMILES string of the molecule is c1ccc2c(c1)COC2n1cnc2ccccc21. The second kappa shape index (κ2) is 3.68. The molecule has 1 atom stereocenters. The molecule has 0 spiro atoms. The zero-order chi connectivity index (χ0) is 11.9. The molecule has 0 fully saturated rings. The van der Waals surface area contributed by atoms with E-state index in [9.17, 15) is 0 Å². The van der Waals surface area contributed by atoms with E-state index in [1.165, 1.54) is 11.1 Å². The van der Waals surface area contributed by atoms with Gasteiger partial charge in [0, 0.05) is 5.56 Å². The molecule has 3 aromatic rings. The summed E-state index contributed by atoms with van der Waals surface area (Å²) in [5.41, 5.74) is 4.62. The molecule has 0 saturated carbocycles. The van der Waals surface area contributed by atoms with Crippen LogP contribution in [0.2, 0.25) is 0 Å². The highest BCUT2D eigenvalue weighted by molar-refractivity contribution is 5.75. The molecule has 88 valence electrons. The van der Waals surface area contributed by atoms with E-state index in [0.717, 1.165) is 11.0 Å². The summed E-state index contributed by atoms with van der Waals surface area (Å²) in [6.07, 6.45) is 1.81. The standard InChI is InChI=1S/C15H12N2O/c1-2-6-12-11(5-1)9-18-15(12)17-10-16-13-7-3-4-8-14(13)17/h1-8,10,15H,9H2. The Labute approximate surface area is 105 Å². The van der Waals surface area contributed by atoms with E-state index in [1.54, 1.807) is 0 Å². The molecule has 3 heteroatoms. The summed E-state index contributed by atoms with van der Waals surface area (Å²) in [5, 5.41) is 0. The highest BCUT2D eigenvalue weighted by Crippen LogP contribution is 2.33. The molecule has 2 aromatic carbocycles. The number of imidazole rings is 1. The Kier molecular flexibility index (Phi) is 2.02. The van der Waals surface area contributed by atoms with Crippen LogP contribution in [0.25, 0.3) is 11.0 Å². The van der Waals surface area contributed by atoms with Crippen molar-refractivity contribution in [1.29, 1.82) is 0 Å². The Morgan fingerprint density at radius 2 is 1.89 bits per heavy atom. The van der Waals surface area contributed by atoms with Gasteiger partial charge in [-0.15, -0.1) is 0 Å². The van der Waals surface area contributed by atoms with E-state index >= 15 is 0 Å². The third-order valence-corrected chi connectivity index (χ3v) is 3.45. The van der Waals surface area contributed by atoms with Crippen molar-refractivity contribution in [2.24, 2.45) is 0 Å². The van der Waals surface area contributed by atoms with Crippen molar-refractivity contribution in [1.82, 2.24) is 9.55 Å². The highest BCUT2D eigenvalue weighted by atomic mass is 16.5. The molecule has 1 aliphatic heterocycles. The van der Waals surface area contributed by atoms with Crippen LogP contribution in [0.1, 0.15) is 17.4 Å². The minimum atomic E-state index is -0.0476. The van der Waals surface area contributed by atoms with Crippen LogP contribution in [-0.2, 0) is 11.3 Å². The summed E-state index contributed by atoms with van der Waals surface area (Å²) in [4.78, 5) is 4.42. The zero-order valence-electron chi connectivity index (χ0n) is 9.78. The average Bonchev–Trinajstić information content (AvgIpc) is 3.01. The van der Waals surface area contributed by atoms with Crippen molar-refractivity contribution in [2.75, 3.05) is 0 Å². The Morgan fingerprint density at radius 1 is 1.06 bits per heavy atom. The predicted octanol–water partition coefficient (Wildman–Crippen LogP) is 3.11. The third-order valence-electron chi connectivity index (χ3n) is 3.45. The van der Waals surface area contributed by atoms with Gasteiger partial charge in [-0.1, -0.05) is 36.4 Å². The van der Waals surface area contributed by atoms with Crippen molar-refractivity contribution in [2.45, 2.75) is 12.8 Å². The molecule has 0 aliphatic carbocycles. The quantitative estimate of drug-likeness (QED) is 0.649. The number of nitrogens with zero attached hydrogens (tertiary/aromatic N) is 2. The van der Waals surface area contributed by atoms with Crippen molar-refractivity contribution in [3.63, 3.8) is 0 Å². The number of para-hydroxylation sites is 2. The summed E-state index contributed by atoms with van der Waals surface area (Å²) < 4.78 is 8.00. The largest absolute Gasteiger partial charge is 0.349 e. The monoisotopic (exact) mass is 236 g/mol. The fourth-order valence-electron chi connectivity index (χ4n) is 2.56. The lowest BCUT2D eigenvalue weighted by atomic mass is 10.1. The fraction of sp³-hybridized carbons (Fsp3) is 0.133. The maximum Gasteiger partial charge on any atom is 0.162 e. The molecule has 18 heavy (non-hydrogen) atoms. The van der Waals surface area contributed by atoms with E-state index in [1.807, 2.05) is 24.5 Å². The van der Waals surface area contributed by atoms with E-state index in [-0.39, 0.29) is 6.23 Å². The van der Waals surface area contributed by atoms with Gasteiger partial charge in [-0.2, -0.15) is 0 Å². The van der Waals surface area contributed by atoms with Gasteiger partial charge < -0.3 is 4.74 Å². The van der Waals surface area contributed by atoms with Gasteiger partial charge in [0.1, 0.15) is 0 Å².